The Bertz CT molecular complexity index is 906. The van der Waals surface area contributed by atoms with Crippen molar-refractivity contribution in [2.24, 2.45) is 0 Å². The van der Waals surface area contributed by atoms with Crippen LogP contribution in [0.1, 0.15) is 9.67 Å². The van der Waals surface area contributed by atoms with E-state index in [9.17, 15) is 18.0 Å². The highest BCUT2D eigenvalue weighted by Gasteiger charge is 2.26. The summed E-state index contributed by atoms with van der Waals surface area (Å²) in [5.41, 5.74) is 0. The van der Waals surface area contributed by atoms with Crippen LogP contribution < -0.4 is 19.5 Å². The number of anilines is 1. The number of sulfonamides is 1. The fourth-order valence-electron chi connectivity index (χ4n) is 1.63. The summed E-state index contributed by atoms with van der Waals surface area (Å²) in [6.07, 6.45) is 0. The van der Waals surface area contributed by atoms with E-state index in [1.165, 1.54) is 25.7 Å². The molecule has 0 spiro atoms. The van der Waals surface area contributed by atoms with Gasteiger partial charge in [0.25, 0.3) is 10.0 Å². The van der Waals surface area contributed by atoms with Gasteiger partial charge in [0, 0.05) is 0 Å². The number of nitrogens with one attached hydrogen (secondary N) is 2. The summed E-state index contributed by atoms with van der Waals surface area (Å²) in [6, 6.07) is -0.300. The minimum Gasteiger partial charge on any atom is -0.467 e. The van der Waals surface area contributed by atoms with Gasteiger partial charge in [0.15, 0.2) is 0 Å². The molecule has 2 rings (SSSR count). The average Bonchev–Trinajstić information content (AvgIpc) is 3.10. The maximum atomic E-state index is 12.3. The van der Waals surface area contributed by atoms with Crippen LogP contribution in [-0.4, -0.2) is 56.7 Å². The van der Waals surface area contributed by atoms with E-state index < -0.39 is 26.9 Å². The molecule has 0 fully saturated rings. The van der Waals surface area contributed by atoms with E-state index in [0.29, 0.717) is 0 Å². The fraction of sp³-hybridized carbons (Fsp3) is 0.250. The molecule has 2 aromatic rings. The van der Waals surface area contributed by atoms with Crippen molar-refractivity contribution in [2.45, 2.75) is 4.90 Å². The summed E-state index contributed by atoms with van der Waals surface area (Å²) < 4.78 is 40.5. The number of thiophene rings is 1. The number of rotatable bonds is 6. The zero-order valence-electron chi connectivity index (χ0n) is 13.7. The standard InChI is InChI=1S/C12H13N5O7S2/c1-22-8(18)7-6(4-5-25-7)26(20,21)17-10(19)13-9-14-11(23-2)16-12(15-9)24-3/h4-5H,1-3H3,(H2,13,14,15,16,17,19). The van der Waals surface area contributed by atoms with Crippen LogP contribution in [0.5, 0.6) is 12.0 Å². The van der Waals surface area contributed by atoms with Crippen LogP contribution in [-0.2, 0) is 14.8 Å². The molecule has 2 heterocycles. The van der Waals surface area contributed by atoms with Gasteiger partial charge in [-0.15, -0.1) is 16.3 Å². The van der Waals surface area contributed by atoms with Gasteiger partial charge in [-0.05, 0) is 11.4 Å². The lowest BCUT2D eigenvalue weighted by atomic mass is 10.5. The Morgan fingerprint density at radius 2 is 1.69 bits per heavy atom. The zero-order valence-corrected chi connectivity index (χ0v) is 15.3. The van der Waals surface area contributed by atoms with Crippen molar-refractivity contribution in [1.82, 2.24) is 19.7 Å². The number of urea groups is 1. The van der Waals surface area contributed by atoms with Gasteiger partial charge in [0.2, 0.25) is 5.95 Å². The van der Waals surface area contributed by atoms with Gasteiger partial charge in [0.1, 0.15) is 9.77 Å². The molecule has 2 amide bonds. The van der Waals surface area contributed by atoms with E-state index in [1.807, 2.05) is 0 Å². The van der Waals surface area contributed by atoms with Crippen LogP contribution >= 0.6 is 11.3 Å². The smallest absolute Gasteiger partial charge is 0.349 e. The SMILES string of the molecule is COC(=O)c1sccc1S(=O)(=O)NC(=O)Nc1nc(OC)nc(OC)n1. The Kier molecular flexibility index (Phi) is 5.89. The van der Waals surface area contributed by atoms with Crippen molar-refractivity contribution in [1.29, 1.82) is 0 Å². The number of amides is 2. The van der Waals surface area contributed by atoms with Crippen LogP contribution in [0, 0.1) is 0 Å². The van der Waals surface area contributed by atoms with E-state index in [1.54, 1.807) is 4.72 Å². The molecule has 14 heteroatoms. The highest BCUT2D eigenvalue weighted by Crippen LogP contribution is 2.22. The Morgan fingerprint density at radius 3 is 2.23 bits per heavy atom. The third-order valence-corrected chi connectivity index (χ3v) is 5.10. The van der Waals surface area contributed by atoms with Crippen molar-refractivity contribution < 1.29 is 32.2 Å². The van der Waals surface area contributed by atoms with Crippen LogP contribution in [0.4, 0.5) is 10.7 Å². The number of carbonyl (C=O) groups excluding carboxylic acids is 2. The van der Waals surface area contributed by atoms with Crippen LogP contribution in [0.15, 0.2) is 16.3 Å². The largest absolute Gasteiger partial charge is 0.467 e. The minimum absolute atomic E-state index is 0.152. The number of esters is 1. The third kappa shape index (κ3) is 4.34. The third-order valence-electron chi connectivity index (χ3n) is 2.70. The number of hydrogen-bond acceptors (Lipinski definition) is 11. The van der Waals surface area contributed by atoms with Crippen molar-refractivity contribution in [3.05, 3.63) is 16.3 Å². The first-order valence-electron chi connectivity index (χ1n) is 6.64. The van der Waals surface area contributed by atoms with E-state index in [4.69, 9.17) is 9.47 Å². The molecule has 2 N–H and O–H groups in total. The molecule has 0 saturated heterocycles. The average molecular weight is 403 g/mol. The van der Waals surface area contributed by atoms with Gasteiger partial charge in [-0.25, -0.2) is 22.7 Å². The van der Waals surface area contributed by atoms with Crippen molar-refractivity contribution in [2.75, 3.05) is 26.6 Å². The molecule has 0 unspecified atom stereocenters. The predicted molar refractivity (Wildman–Crippen MR) is 87.9 cm³/mol. The molecule has 0 aliphatic rings. The lowest BCUT2D eigenvalue weighted by Crippen LogP contribution is -2.35. The minimum atomic E-state index is -4.34. The monoisotopic (exact) mass is 403 g/mol. The van der Waals surface area contributed by atoms with Gasteiger partial charge < -0.3 is 14.2 Å². The maximum absolute atomic E-state index is 12.3. The summed E-state index contributed by atoms with van der Waals surface area (Å²) >= 11 is 0.859. The maximum Gasteiger partial charge on any atom is 0.349 e. The molecule has 26 heavy (non-hydrogen) atoms. The molecule has 0 aromatic carbocycles. The molecule has 12 nitrogen and oxygen atoms in total. The lowest BCUT2D eigenvalue weighted by Gasteiger charge is -2.09. The molecule has 0 saturated carbocycles. The molecule has 0 atom stereocenters. The fourth-order valence-corrected chi connectivity index (χ4v) is 3.87. The van der Waals surface area contributed by atoms with Gasteiger partial charge >= 0.3 is 24.0 Å². The second-order valence-electron chi connectivity index (χ2n) is 4.30. The number of aromatic nitrogens is 3. The summed E-state index contributed by atoms with van der Waals surface area (Å²) in [5, 5.41) is 3.48. The number of carbonyl (C=O) groups is 2. The van der Waals surface area contributed by atoms with Crippen molar-refractivity contribution in [3.63, 3.8) is 0 Å². The Morgan fingerprint density at radius 1 is 1.08 bits per heavy atom. The molecule has 0 radical (unpaired) electrons. The summed E-state index contributed by atoms with van der Waals surface area (Å²) in [7, 11) is -0.657. The molecular weight excluding hydrogens is 390 g/mol. The summed E-state index contributed by atoms with van der Waals surface area (Å²) in [4.78, 5) is 34.2. The molecule has 2 aromatic heterocycles. The molecule has 0 aliphatic heterocycles. The van der Waals surface area contributed by atoms with Crippen LogP contribution in [0.3, 0.4) is 0 Å². The summed E-state index contributed by atoms with van der Waals surface area (Å²) in [5.74, 6) is -1.15. The highest BCUT2D eigenvalue weighted by molar-refractivity contribution is 7.90. The van der Waals surface area contributed by atoms with Crippen molar-refractivity contribution >= 4 is 39.3 Å². The topological polar surface area (TPSA) is 159 Å². The van der Waals surface area contributed by atoms with Crippen molar-refractivity contribution in [3.8, 4) is 12.0 Å². The van der Waals surface area contributed by atoms with E-state index in [2.05, 4.69) is 25.0 Å². The van der Waals surface area contributed by atoms with E-state index in [-0.39, 0.29) is 22.8 Å². The second kappa shape index (κ2) is 7.92. The Hall–Kier alpha value is -3.00. The van der Waals surface area contributed by atoms with Crippen LogP contribution in [0.2, 0.25) is 0 Å². The Labute approximate surface area is 151 Å². The first kappa shape index (κ1) is 19.3. The first-order chi connectivity index (χ1) is 12.3. The molecule has 140 valence electrons. The molecular formula is C12H13N5O7S2. The van der Waals surface area contributed by atoms with Gasteiger partial charge in [0.05, 0.1) is 21.3 Å². The van der Waals surface area contributed by atoms with Gasteiger partial charge in [-0.1, -0.05) is 0 Å². The zero-order chi connectivity index (χ0) is 19.3. The first-order valence-corrected chi connectivity index (χ1v) is 9.00. The molecule has 0 bridgehead atoms. The van der Waals surface area contributed by atoms with E-state index in [0.717, 1.165) is 18.4 Å². The Balaban J connectivity index is 2.20. The van der Waals surface area contributed by atoms with Crippen LogP contribution in [0.25, 0.3) is 0 Å². The predicted octanol–water partition coefficient (Wildman–Crippen LogP) is 0.247. The highest BCUT2D eigenvalue weighted by atomic mass is 32.2. The van der Waals surface area contributed by atoms with E-state index >= 15 is 0 Å². The number of hydrogen-bond donors (Lipinski definition) is 2. The molecule has 0 aliphatic carbocycles. The number of nitrogens with zero attached hydrogens (tertiary/aromatic N) is 3. The second-order valence-corrected chi connectivity index (χ2v) is 6.86. The summed E-state index contributed by atoms with van der Waals surface area (Å²) in [6.45, 7) is 0. The number of ether oxygens (including phenoxy) is 3. The lowest BCUT2D eigenvalue weighted by molar-refractivity contribution is 0.0602. The van der Waals surface area contributed by atoms with Gasteiger partial charge in [-0.3, -0.25) is 5.32 Å². The van der Waals surface area contributed by atoms with Gasteiger partial charge in [-0.2, -0.15) is 9.97 Å². The quantitative estimate of drug-likeness (QED) is 0.640. The normalized spacial score (nSPS) is 10.7. The number of methoxy groups -OCH3 is 3.